The predicted octanol–water partition coefficient (Wildman–Crippen LogP) is 2.63. The first-order valence-corrected chi connectivity index (χ1v) is 8.96. The number of nitrogens with zero attached hydrogens (tertiary/aromatic N) is 1. The van der Waals surface area contributed by atoms with Crippen LogP contribution in [-0.4, -0.2) is 38.4 Å². The first kappa shape index (κ1) is 16.7. The Kier molecular flexibility index (Phi) is 5.60. The normalized spacial score (nSPS) is 17.3. The topological polar surface area (TPSA) is 49.4 Å². The minimum atomic E-state index is -3.65. The summed E-state index contributed by atoms with van der Waals surface area (Å²) in [4.78, 5) is 0.0564. The first-order chi connectivity index (χ1) is 9.96. The standard InChI is InChI=1S/C14H20ClFN2O2S/c1-2-9-18(11-5-7-17-8-6-11)21(19,20)12-3-4-14(16)13(15)10-12/h3-4,10-11,17H,2,5-9H2,1H3. The molecule has 1 saturated heterocycles. The summed E-state index contributed by atoms with van der Waals surface area (Å²) >= 11 is 5.72. The van der Waals surface area contributed by atoms with E-state index in [-0.39, 0.29) is 16.0 Å². The van der Waals surface area contributed by atoms with E-state index in [0.717, 1.165) is 38.4 Å². The molecule has 0 amide bonds. The van der Waals surface area contributed by atoms with Gasteiger partial charge in [0.05, 0.1) is 9.92 Å². The quantitative estimate of drug-likeness (QED) is 0.900. The smallest absolute Gasteiger partial charge is 0.243 e. The summed E-state index contributed by atoms with van der Waals surface area (Å²) in [6, 6.07) is 3.55. The Hall–Kier alpha value is -0.690. The Morgan fingerprint density at radius 1 is 1.38 bits per heavy atom. The number of hydrogen-bond acceptors (Lipinski definition) is 3. The van der Waals surface area contributed by atoms with Gasteiger partial charge in [0.1, 0.15) is 5.82 Å². The summed E-state index contributed by atoms with van der Waals surface area (Å²) in [5.74, 6) is -0.612. The lowest BCUT2D eigenvalue weighted by Crippen LogP contribution is -2.46. The van der Waals surface area contributed by atoms with E-state index in [1.54, 1.807) is 0 Å². The Labute approximate surface area is 130 Å². The first-order valence-electron chi connectivity index (χ1n) is 7.14. The summed E-state index contributed by atoms with van der Waals surface area (Å²) in [6.45, 7) is 4.03. The molecule has 118 valence electrons. The molecule has 0 saturated carbocycles. The lowest BCUT2D eigenvalue weighted by atomic mass is 10.1. The maximum atomic E-state index is 13.2. The van der Waals surface area contributed by atoms with Gasteiger partial charge in [0.25, 0.3) is 0 Å². The highest BCUT2D eigenvalue weighted by Gasteiger charge is 2.31. The van der Waals surface area contributed by atoms with Crippen LogP contribution in [-0.2, 0) is 10.0 Å². The van der Waals surface area contributed by atoms with Crippen molar-refractivity contribution in [1.82, 2.24) is 9.62 Å². The number of piperidine rings is 1. The Morgan fingerprint density at radius 3 is 2.62 bits per heavy atom. The lowest BCUT2D eigenvalue weighted by molar-refractivity contribution is 0.262. The van der Waals surface area contributed by atoms with Crippen molar-refractivity contribution in [2.24, 2.45) is 0 Å². The maximum Gasteiger partial charge on any atom is 0.243 e. The second kappa shape index (κ2) is 7.05. The molecule has 0 atom stereocenters. The third kappa shape index (κ3) is 3.74. The summed E-state index contributed by atoms with van der Waals surface area (Å²) in [5, 5.41) is 3.06. The van der Waals surface area contributed by atoms with Crippen molar-refractivity contribution in [3.05, 3.63) is 29.0 Å². The highest BCUT2D eigenvalue weighted by molar-refractivity contribution is 7.89. The average molecular weight is 335 g/mol. The van der Waals surface area contributed by atoms with E-state index in [1.807, 2.05) is 6.92 Å². The summed E-state index contributed by atoms with van der Waals surface area (Å²) in [7, 11) is -3.65. The van der Waals surface area contributed by atoms with Crippen molar-refractivity contribution in [1.29, 1.82) is 0 Å². The minimum absolute atomic E-state index is 0.0139. The van der Waals surface area contributed by atoms with Crippen LogP contribution in [0, 0.1) is 5.82 Å². The molecular weight excluding hydrogens is 315 g/mol. The van der Waals surface area contributed by atoms with E-state index >= 15 is 0 Å². The molecule has 1 aliphatic heterocycles. The fourth-order valence-electron chi connectivity index (χ4n) is 2.59. The number of rotatable bonds is 5. The lowest BCUT2D eigenvalue weighted by Gasteiger charge is -2.33. The van der Waals surface area contributed by atoms with Crippen molar-refractivity contribution in [2.45, 2.75) is 37.1 Å². The second-order valence-corrected chi connectivity index (χ2v) is 7.47. The Bertz CT molecular complexity index is 589. The van der Waals surface area contributed by atoms with Gasteiger partial charge in [0.15, 0.2) is 0 Å². The number of sulfonamides is 1. The van der Waals surface area contributed by atoms with Crippen molar-refractivity contribution in [3.63, 3.8) is 0 Å². The number of halogens is 2. The Balaban J connectivity index is 2.34. The van der Waals surface area contributed by atoms with E-state index in [4.69, 9.17) is 11.6 Å². The molecule has 0 bridgehead atoms. The zero-order valence-electron chi connectivity index (χ0n) is 12.0. The molecule has 0 radical (unpaired) electrons. The minimum Gasteiger partial charge on any atom is -0.317 e. The van der Waals surface area contributed by atoms with Crippen molar-refractivity contribution >= 4 is 21.6 Å². The van der Waals surface area contributed by atoms with Crippen molar-refractivity contribution < 1.29 is 12.8 Å². The Morgan fingerprint density at radius 2 is 2.05 bits per heavy atom. The molecule has 0 spiro atoms. The van der Waals surface area contributed by atoms with Gasteiger partial charge in [0, 0.05) is 12.6 Å². The molecule has 0 unspecified atom stereocenters. The van der Waals surface area contributed by atoms with E-state index in [2.05, 4.69) is 5.32 Å². The third-order valence-electron chi connectivity index (χ3n) is 3.66. The maximum absolute atomic E-state index is 13.2. The molecule has 1 aromatic carbocycles. The van der Waals surface area contributed by atoms with Gasteiger partial charge in [-0.2, -0.15) is 4.31 Å². The zero-order chi connectivity index (χ0) is 15.5. The van der Waals surface area contributed by atoms with Crippen LogP contribution < -0.4 is 5.32 Å². The largest absolute Gasteiger partial charge is 0.317 e. The van der Waals surface area contributed by atoms with Crippen LogP contribution in [0.1, 0.15) is 26.2 Å². The van der Waals surface area contributed by atoms with Crippen molar-refractivity contribution in [3.8, 4) is 0 Å². The van der Waals surface area contributed by atoms with Gasteiger partial charge in [-0.1, -0.05) is 18.5 Å². The van der Waals surface area contributed by atoms with E-state index < -0.39 is 15.8 Å². The molecule has 1 N–H and O–H groups in total. The van der Waals surface area contributed by atoms with Crippen LogP contribution in [0.3, 0.4) is 0 Å². The van der Waals surface area contributed by atoms with Crippen LogP contribution >= 0.6 is 11.6 Å². The highest BCUT2D eigenvalue weighted by Crippen LogP contribution is 2.26. The van der Waals surface area contributed by atoms with Gasteiger partial charge in [-0.25, -0.2) is 12.8 Å². The summed E-state index contributed by atoms with van der Waals surface area (Å²) in [6.07, 6.45) is 2.31. The van der Waals surface area contributed by atoms with Crippen LogP contribution in [0.4, 0.5) is 4.39 Å². The van der Waals surface area contributed by atoms with Crippen molar-refractivity contribution in [2.75, 3.05) is 19.6 Å². The summed E-state index contributed by atoms with van der Waals surface area (Å²) in [5.41, 5.74) is 0. The number of nitrogens with one attached hydrogen (secondary N) is 1. The predicted molar refractivity (Wildman–Crippen MR) is 81.5 cm³/mol. The van der Waals surface area contributed by atoms with Gasteiger partial charge in [-0.3, -0.25) is 0 Å². The van der Waals surface area contributed by atoms with E-state index in [9.17, 15) is 12.8 Å². The molecule has 1 aromatic rings. The second-order valence-electron chi connectivity index (χ2n) is 5.17. The average Bonchev–Trinajstić information content (AvgIpc) is 2.48. The molecule has 0 aromatic heterocycles. The molecule has 1 aliphatic rings. The van der Waals surface area contributed by atoms with Gasteiger partial charge < -0.3 is 5.32 Å². The molecular formula is C14H20ClFN2O2S. The van der Waals surface area contributed by atoms with Crippen LogP contribution in [0.25, 0.3) is 0 Å². The van der Waals surface area contributed by atoms with E-state index in [0.29, 0.717) is 6.54 Å². The van der Waals surface area contributed by atoms with Crippen LogP contribution in [0.5, 0.6) is 0 Å². The SMILES string of the molecule is CCCN(C1CCNCC1)S(=O)(=O)c1ccc(F)c(Cl)c1. The highest BCUT2D eigenvalue weighted by atomic mass is 35.5. The fourth-order valence-corrected chi connectivity index (χ4v) is 4.64. The molecule has 1 heterocycles. The molecule has 21 heavy (non-hydrogen) atoms. The van der Waals surface area contributed by atoms with E-state index in [1.165, 1.54) is 16.4 Å². The monoisotopic (exact) mass is 334 g/mol. The van der Waals surface area contributed by atoms with Gasteiger partial charge in [-0.05, 0) is 50.6 Å². The van der Waals surface area contributed by atoms with Crippen LogP contribution in [0.2, 0.25) is 5.02 Å². The van der Waals surface area contributed by atoms with Gasteiger partial charge >= 0.3 is 0 Å². The summed E-state index contributed by atoms with van der Waals surface area (Å²) < 4.78 is 40.4. The zero-order valence-corrected chi connectivity index (χ0v) is 13.6. The van der Waals surface area contributed by atoms with Crippen LogP contribution in [0.15, 0.2) is 23.1 Å². The fraction of sp³-hybridized carbons (Fsp3) is 0.571. The third-order valence-corrected chi connectivity index (χ3v) is 5.90. The molecule has 4 nitrogen and oxygen atoms in total. The van der Waals surface area contributed by atoms with Gasteiger partial charge in [0.2, 0.25) is 10.0 Å². The number of benzene rings is 1. The number of hydrogen-bond donors (Lipinski definition) is 1. The molecule has 0 aliphatic carbocycles. The molecule has 2 rings (SSSR count). The molecule has 1 fully saturated rings. The van der Waals surface area contributed by atoms with Gasteiger partial charge in [-0.15, -0.1) is 0 Å². The molecule has 7 heteroatoms.